The molecule has 3 unspecified atom stereocenters. The fourth-order valence-corrected chi connectivity index (χ4v) is 3.96. The Kier molecular flexibility index (Phi) is 5.45. The molecular weight excluding hydrogens is 358 g/mol. The summed E-state index contributed by atoms with van der Waals surface area (Å²) in [6.07, 6.45) is 2.82. The zero-order valence-electron chi connectivity index (χ0n) is 15.9. The van der Waals surface area contributed by atoms with Crippen molar-refractivity contribution < 1.29 is 18.7 Å². The summed E-state index contributed by atoms with van der Waals surface area (Å²) in [6, 6.07) is 11.5. The van der Waals surface area contributed by atoms with Gasteiger partial charge in [0.15, 0.2) is 0 Å². The first-order valence-electron chi connectivity index (χ1n) is 9.63. The van der Waals surface area contributed by atoms with Crippen molar-refractivity contribution >= 4 is 11.8 Å². The summed E-state index contributed by atoms with van der Waals surface area (Å²) in [5, 5.41) is 2.75. The molecule has 0 radical (unpaired) electrons. The molecule has 28 heavy (non-hydrogen) atoms. The number of hydrogen-bond donors (Lipinski definition) is 1. The van der Waals surface area contributed by atoms with Crippen molar-refractivity contribution in [3.05, 3.63) is 60.1 Å². The molecule has 148 valence electrons. The standard InChI is InChI=1S/C21H25N3O4/c1-15(22-20(25)17-7-9-27-14-17)21(26)24-12-18-19(13-24)28-10-8-23(18)11-16-5-3-2-4-6-16/h2-7,9,14-15,18-19H,8,10-13H2,1H3,(H,22,25). The number of rotatable bonds is 5. The molecule has 4 rings (SSSR count). The summed E-state index contributed by atoms with van der Waals surface area (Å²) in [7, 11) is 0. The average Bonchev–Trinajstić information content (AvgIpc) is 3.38. The largest absolute Gasteiger partial charge is 0.472 e. The van der Waals surface area contributed by atoms with Gasteiger partial charge in [-0.1, -0.05) is 30.3 Å². The average molecular weight is 383 g/mol. The van der Waals surface area contributed by atoms with Gasteiger partial charge >= 0.3 is 0 Å². The van der Waals surface area contributed by atoms with E-state index in [1.807, 2.05) is 18.2 Å². The Morgan fingerprint density at radius 3 is 2.79 bits per heavy atom. The maximum atomic E-state index is 12.9. The van der Waals surface area contributed by atoms with Gasteiger partial charge in [0.1, 0.15) is 12.3 Å². The Balaban J connectivity index is 1.37. The Bertz CT molecular complexity index is 808. The van der Waals surface area contributed by atoms with Gasteiger partial charge in [-0.3, -0.25) is 14.5 Å². The van der Waals surface area contributed by atoms with Crippen molar-refractivity contribution in [2.24, 2.45) is 0 Å². The number of carbonyl (C=O) groups is 2. The maximum Gasteiger partial charge on any atom is 0.255 e. The second kappa shape index (κ2) is 8.16. The summed E-state index contributed by atoms with van der Waals surface area (Å²) in [5.74, 6) is -0.400. The van der Waals surface area contributed by atoms with Gasteiger partial charge in [-0.05, 0) is 18.6 Å². The minimum atomic E-state index is -0.606. The van der Waals surface area contributed by atoms with Crippen LogP contribution in [0.5, 0.6) is 0 Å². The van der Waals surface area contributed by atoms with Crippen LogP contribution in [0.1, 0.15) is 22.8 Å². The monoisotopic (exact) mass is 383 g/mol. The molecular formula is C21H25N3O4. The number of amides is 2. The van der Waals surface area contributed by atoms with Crippen LogP contribution < -0.4 is 5.32 Å². The van der Waals surface area contributed by atoms with Crippen molar-refractivity contribution in [2.45, 2.75) is 31.7 Å². The van der Waals surface area contributed by atoms with E-state index in [4.69, 9.17) is 9.15 Å². The van der Waals surface area contributed by atoms with Crippen LogP contribution in [0.15, 0.2) is 53.3 Å². The molecule has 2 amide bonds. The third-order valence-electron chi connectivity index (χ3n) is 5.46. The van der Waals surface area contributed by atoms with Crippen LogP contribution in [-0.2, 0) is 16.1 Å². The third kappa shape index (κ3) is 3.95. The van der Waals surface area contributed by atoms with Crippen LogP contribution in [-0.4, -0.2) is 66.0 Å². The highest BCUT2D eigenvalue weighted by molar-refractivity contribution is 5.97. The Hall–Kier alpha value is -2.64. The van der Waals surface area contributed by atoms with Gasteiger partial charge in [0.2, 0.25) is 5.91 Å². The van der Waals surface area contributed by atoms with E-state index in [1.54, 1.807) is 17.9 Å². The molecule has 0 spiro atoms. The van der Waals surface area contributed by atoms with Gasteiger partial charge < -0.3 is 19.4 Å². The minimum Gasteiger partial charge on any atom is -0.472 e. The van der Waals surface area contributed by atoms with E-state index in [9.17, 15) is 9.59 Å². The Labute approximate surface area is 164 Å². The van der Waals surface area contributed by atoms with E-state index in [2.05, 4.69) is 22.3 Å². The smallest absolute Gasteiger partial charge is 0.255 e. The van der Waals surface area contributed by atoms with Crippen molar-refractivity contribution in [1.29, 1.82) is 0 Å². The molecule has 3 heterocycles. The van der Waals surface area contributed by atoms with Gasteiger partial charge in [0.05, 0.1) is 30.6 Å². The third-order valence-corrected chi connectivity index (χ3v) is 5.46. The fraction of sp³-hybridized carbons (Fsp3) is 0.429. The van der Waals surface area contributed by atoms with Crippen LogP contribution in [0, 0.1) is 0 Å². The number of furan rings is 1. The predicted molar refractivity (Wildman–Crippen MR) is 103 cm³/mol. The molecule has 0 aliphatic carbocycles. The highest BCUT2D eigenvalue weighted by Crippen LogP contribution is 2.25. The van der Waals surface area contributed by atoms with E-state index in [1.165, 1.54) is 18.1 Å². The number of nitrogens with zero attached hydrogens (tertiary/aromatic N) is 2. The van der Waals surface area contributed by atoms with E-state index < -0.39 is 6.04 Å². The molecule has 2 aliphatic heterocycles. The van der Waals surface area contributed by atoms with E-state index in [0.29, 0.717) is 25.3 Å². The topological polar surface area (TPSA) is 75.0 Å². The van der Waals surface area contributed by atoms with Crippen molar-refractivity contribution in [2.75, 3.05) is 26.2 Å². The molecule has 0 bridgehead atoms. The maximum absolute atomic E-state index is 12.9. The molecule has 7 heteroatoms. The van der Waals surface area contributed by atoms with Gasteiger partial charge in [-0.25, -0.2) is 0 Å². The van der Waals surface area contributed by atoms with Crippen LogP contribution in [0.3, 0.4) is 0 Å². The number of hydrogen-bond acceptors (Lipinski definition) is 5. The van der Waals surface area contributed by atoms with Gasteiger partial charge in [0.25, 0.3) is 5.91 Å². The zero-order chi connectivity index (χ0) is 19.5. The lowest BCUT2D eigenvalue weighted by atomic mass is 10.1. The minimum absolute atomic E-state index is 0.0122. The quantitative estimate of drug-likeness (QED) is 0.847. The highest BCUT2D eigenvalue weighted by atomic mass is 16.5. The fourth-order valence-electron chi connectivity index (χ4n) is 3.96. The van der Waals surface area contributed by atoms with Crippen molar-refractivity contribution in [1.82, 2.24) is 15.1 Å². The molecule has 7 nitrogen and oxygen atoms in total. The number of nitrogens with one attached hydrogen (secondary N) is 1. The van der Waals surface area contributed by atoms with Crippen molar-refractivity contribution in [3.63, 3.8) is 0 Å². The Morgan fingerprint density at radius 1 is 1.21 bits per heavy atom. The molecule has 1 aromatic carbocycles. The Morgan fingerprint density at radius 2 is 2.04 bits per heavy atom. The molecule has 1 N–H and O–H groups in total. The number of morpholine rings is 1. The SMILES string of the molecule is CC(NC(=O)c1ccoc1)C(=O)N1CC2OCCN(Cc3ccccc3)C2C1. The van der Waals surface area contributed by atoms with Crippen LogP contribution in [0.25, 0.3) is 0 Å². The number of carbonyl (C=O) groups excluding carboxylic acids is 2. The molecule has 2 saturated heterocycles. The predicted octanol–water partition coefficient (Wildman–Crippen LogP) is 1.51. The van der Waals surface area contributed by atoms with Gasteiger partial charge in [-0.2, -0.15) is 0 Å². The second-order valence-corrected chi connectivity index (χ2v) is 7.38. The van der Waals surface area contributed by atoms with Crippen LogP contribution in [0.2, 0.25) is 0 Å². The van der Waals surface area contributed by atoms with Gasteiger partial charge in [-0.15, -0.1) is 0 Å². The lowest BCUT2D eigenvalue weighted by Gasteiger charge is -2.36. The van der Waals surface area contributed by atoms with E-state index >= 15 is 0 Å². The highest BCUT2D eigenvalue weighted by Gasteiger charge is 2.42. The summed E-state index contributed by atoms with van der Waals surface area (Å²) in [5.41, 5.74) is 1.67. The molecule has 2 aliphatic rings. The summed E-state index contributed by atoms with van der Waals surface area (Å²) in [6.45, 7) is 5.25. The molecule has 2 aromatic rings. The molecule has 0 saturated carbocycles. The van der Waals surface area contributed by atoms with E-state index in [-0.39, 0.29) is 24.0 Å². The number of likely N-dealkylation sites (tertiary alicyclic amines) is 1. The van der Waals surface area contributed by atoms with E-state index in [0.717, 1.165) is 13.1 Å². The van der Waals surface area contributed by atoms with Crippen molar-refractivity contribution in [3.8, 4) is 0 Å². The van der Waals surface area contributed by atoms with Gasteiger partial charge in [0, 0.05) is 26.2 Å². The lowest BCUT2D eigenvalue weighted by Crippen LogP contribution is -2.50. The number of ether oxygens (including phenoxy) is 1. The first-order valence-corrected chi connectivity index (χ1v) is 9.63. The first-order chi connectivity index (χ1) is 13.6. The van der Waals surface area contributed by atoms with Crippen LogP contribution in [0.4, 0.5) is 0 Å². The molecule has 1 aromatic heterocycles. The zero-order valence-corrected chi connectivity index (χ0v) is 15.9. The molecule has 3 atom stereocenters. The normalized spacial score (nSPS) is 23.2. The lowest BCUT2D eigenvalue weighted by molar-refractivity contribution is -0.132. The molecule has 2 fully saturated rings. The first kappa shape index (κ1) is 18.7. The second-order valence-electron chi connectivity index (χ2n) is 7.38. The summed E-state index contributed by atoms with van der Waals surface area (Å²) < 4.78 is 10.9. The summed E-state index contributed by atoms with van der Waals surface area (Å²) in [4.78, 5) is 29.2. The summed E-state index contributed by atoms with van der Waals surface area (Å²) >= 11 is 0. The van der Waals surface area contributed by atoms with Crippen LogP contribution >= 0.6 is 0 Å². The number of fused-ring (bicyclic) bond motifs is 1. The number of benzene rings is 1.